The molecule has 0 saturated heterocycles. The second-order valence-electron chi connectivity index (χ2n) is 4.22. The molecule has 0 saturated carbocycles. The van der Waals surface area contributed by atoms with Crippen molar-refractivity contribution in [3.63, 3.8) is 0 Å². The Morgan fingerprint density at radius 1 is 1.25 bits per heavy atom. The van der Waals surface area contributed by atoms with Crippen molar-refractivity contribution in [2.45, 2.75) is 6.92 Å². The van der Waals surface area contributed by atoms with Gasteiger partial charge in [0.15, 0.2) is 0 Å². The Bertz CT molecular complexity index is 531. The summed E-state index contributed by atoms with van der Waals surface area (Å²) in [4.78, 5) is 35.3. The quantitative estimate of drug-likeness (QED) is 0.689. The van der Waals surface area contributed by atoms with E-state index in [-0.39, 0.29) is 17.0 Å². The summed E-state index contributed by atoms with van der Waals surface area (Å²) in [5.74, 6) is -3.19. The lowest BCUT2D eigenvalue weighted by molar-refractivity contribution is -0.137. The van der Waals surface area contributed by atoms with Gasteiger partial charge in [-0.05, 0) is 12.1 Å². The molecule has 0 aromatic heterocycles. The maximum absolute atomic E-state index is 12.2. The predicted octanol–water partition coefficient (Wildman–Crippen LogP) is 1.37. The fraction of sp³-hybridized carbons (Fsp3) is 0.308. The number of aromatic carboxylic acids is 1. The first-order valence-corrected chi connectivity index (χ1v) is 6.48. The van der Waals surface area contributed by atoms with E-state index in [1.54, 1.807) is 13.0 Å². The van der Waals surface area contributed by atoms with Gasteiger partial charge in [-0.2, -0.15) is 12.6 Å². The Morgan fingerprint density at radius 2 is 1.85 bits per heavy atom. The number of amides is 1. The van der Waals surface area contributed by atoms with Crippen LogP contribution in [0.5, 0.6) is 0 Å². The number of hydrogen-bond acceptors (Lipinski definition) is 4. The topological polar surface area (TPSA) is 94.9 Å². The van der Waals surface area contributed by atoms with Gasteiger partial charge in [-0.3, -0.25) is 9.59 Å². The molecule has 0 bridgehead atoms. The molecule has 1 rings (SSSR count). The Labute approximate surface area is 121 Å². The molecule has 0 fully saturated rings. The first-order valence-electron chi connectivity index (χ1n) is 5.84. The molecule has 20 heavy (non-hydrogen) atoms. The van der Waals surface area contributed by atoms with Crippen molar-refractivity contribution in [3.05, 3.63) is 29.8 Å². The molecular weight excluding hydrogens is 282 g/mol. The summed E-state index contributed by atoms with van der Waals surface area (Å²) in [6.45, 7) is 1.01. The number of nitrogens with zero attached hydrogens (tertiary/aromatic N) is 1. The van der Waals surface area contributed by atoms with E-state index >= 15 is 0 Å². The number of para-hydroxylation sites is 1. The molecule has 0 radical (unpaired) electrons. The average Bonchev–Trinajstić information content (AvgIpc) is 2.42. The van der Waals surface area contributed by atoms with Gasteiger partial charge < -0.3 is 15.1 Å². The van der Waals surface area contributed by atoms with E-state index in [0.29, 0.717) is 0 Å². The molecule has 108 valence electrons. The summed E-state index contributed by atoms with van der Waals surface area (Å²) in [7, 11) is 0. The van der Waals surface area contributed by atoms with Gasteiger partial charge in [-0.15, -0.1) is 0 Å². The zero-order valence-electron chi connectivity index (χ0n) is 10.8. The maximum Gasteiger partial charge on any atom is 0.337 e. The lowest BCUT2D eigenvalue weighted by atomic mass is 10.1. The molecule has 1 atom stereocenters. The van der Waals surface area contributed by atoms with Crippen molar-refractivity contribution in [2.24, 2.45) is 5.92 Å². The number of benzene rings is 1. The van der Waals surface area contributed by atoms with Gasteiger partial charge in [0.2, 0.25) is 5.91 Å². The summed E-state index contributed by atoms with van der Waals surface area (Å²) in [5.41, 5.74) is -0.0468. The third-order valence-corrected chi connectivity index (χ3v) is 3.23. The predicted molar refractivity (Wildman–Crippen MR) is 76.4 cm³/mol. The lowest BCUT2D eigenvalue weighted by Crippen LogP contribution is -2.40. The van der Waals surface area contributed by atoms with E-state index in [4.69, 9.17) is 10.2 Å². The van der Waals surface area contributed by atoms with E-state index in [1.165, 1.54) is 18.2 Å². The third-order valence-electron chi connectivity index (χ3n) is 2.68. The van der Waals surface area contributed by atoms with E-state index in [1.807, 2.05) is 0 Å². The normalized spacial score (nSPS) is 11.7. The number of thiol groups is 1. The minimum Gasteiger partial charge on any atom is -0.480 e. The van der Waals surface area contributed by atoms with Gasteiger partial charge in [-0.1, -0.05) is 19.1 Å². The van der Waals surface area contributed by atoms with Crippen molar-refractivity contribution >= 4 is 36.2 Å². The number of carbonyl (C=O) groups excluding carboxylic acids is 1. The third kappa shape index (κ3) is 3.74. The highest BCUT2D eigenvalue weighted by molar-refractivity contribution is 7.80. The van der Waals surface area contributed by atoms with Crippen LogP contribution < -0.4 is 4.90 Å². The number of carboxylic acids is 2. The molecule has 0 aliphatic carbocycles. The summed E-state index contributed by atoms with van der Waals surface area (Å²) in [6.07, 6.45) is 0. The Balaban J connectivity index is 3.27. The van der Waals surface area contributed by atoms with Crippen LogP contribution >= 0.6 is 12.6 Å². The van der Waals surface area contributed by atoms with E-state index in [0.717, 1.165) is 4.90 Å². The van der Waals surface area contributed by atoms with Crippen LogP contribution in [0.3, 0.4) is 0 Å². The summed E-state index contributed by atoms with van der Waals surface area (Å²) in [6, 6.07) is 5.80. The first-order chi connectivity index (χ1) is 9.38. The minimum absolute atomic E-state index is 0.0704. The largest absolute Gasteiger partial charge is 0.480 e. The maximum atomic E-state index is 12.2. The van der Waals surface area contributed by atoms with Crippen LogP contribution in [-0.4, -0.2) is 40.4 Å². The van der Waals surface area contributed by atoms with Gasteiger partial charge in [0.25, 0.3) is 0 Å². The first kappa shape index (κ1) is 16.0. The van der Waals surface area contributed by atoms with Crippen LogP contribution in [0.1, 0.15) is 17.3 Å². The van der Waals surface area contributed by atoms with Crippen molar-refractivity contribution in [2.75, 3.05) is 17.2 Å². The number of carbonyl (C=O) groups is 3. The SMILES string of the molecule is CC(CS)C(=O)N(CC(=O)O)c1ccccc1C(=O)O. The molecule has 0 heterocycles. The van der Waals surface area contributed by atoms with Crippen LogP contribution in [-0.2, 0) is 9.59 Å². The van der Waals surface area contributed by atoms with Crippen LogP contribution in [0.4, 0.5) is 5.69 Å². The summed E-state index contributed by atoms with van der Waals surface area (Å²) in [5, 5.41) is 18.0. The zero-order chi connectivity index (χ0) is 15.3. The second kappa shape index (κ2) is 6.95. The van der Waals surface area contributed by atoms with Gasteiger partial charge >= 0.3 is 11.9 Å². The smallest absolute Gasteiger partial charge is 0.337 e. The van der Waals surface area contributed by atoms with Crippen LogP contribution in [0, 0.1) is 5.92 Å². The molecular formula is C13H15NO5S. The van der Waals surface area contributed by atoms with Crippen LogP contribution in [0.25, 0.3) is 0 Å². The molecule has 2 N–H and O–H groups in total. The molecule has 1 unspecified atom stereocenters. The standard InChI is InChI=1S/C13H15NO5S/c1-8(7-20)12(17)14(6-11(15)16)10-5-3-2-4-9(10)13(18)19/h2-5,8,20H,6-7H2,1H3,(H,15,16)(H,18,19). The fourth-order valence-electron chi connectivity index (χ4n) is 1.65. The number of hydrogen-bond donors (Lipinski definition) is 3. The van der Waals surface area contributed by atoms with Crippen molar-refractivity contribution in [1.29, 1.82) is 0 Å². The van der Waals surface area contributed by atoms with Crippen LogP contribution in [0.15, 0.2) is 24.3 Å². The van der Waals surface area contributed by atoms with Gasteiger partial charge in [0, 0.05) is 11.7 Å². The molecule has 6 nitrogen and oxygen atoms in total. The Kier molecular flexibility index (Phi) is 5.57. The average molecular weight is 297 g/mol. The highest BCUT2D eigenvalue weighted by Gasteiger charge is 2.26. The number of carboxylic acid groups (broad SMARTS) is 2. The van der Waals surface area contributed by atoms with Gasteiger partial charge in [-0.25, -0.2) is 4.79 Å². The molecule has 0 spiro atoms. The monoisotopic (exact) mass is 297 g/mol. The zero-order valence-corrected chi connectivity index (χ0v) is 11.7. The summed E-state index contributed by atoms with van der Waals surface area (Å²) >= 11 is 4.01. The van der Waals surface area contributed by atoms with Crippen LogP contribution in [0.2, 0.25) is 0 Å². The summed E-state index contributed by atoms with van der Waals surface area (Å²) < 4.78 is 0. The molecule has 7 heteroatoms. The highest BCUT2D eigenvalue weighted by atomic mass is 32.1. The van der Waals surface area contributed by atoms with E-state index < -0.39 is 30.3 Å². The fourth-order valence-corrected chi connectivity index (χ4v) is 1.81. The molecule has 0 aliphatic heterocycles. The van der Waals surface area contributed by atoms with Gasteiger partial charge in [0.05, 0.1) is 11.3 Å². The molecule has 1 amide bonds. The Hall–Kier alpha value is -2.02. The second-order valence-corrected chi connectivity index (χ2v) is 4.59. The number of aliphatic carboxylic acids is 1. The minimum atomic E-state index is -1.22. The lowest BCUT2D eigenvalue weighted by Gasteiger charge is -2.25. The van der Waals surface area contributed by atoms with E-state index in [9.17, 15) is 14.4 Å². The Morgan fingerprint density at radius 3 is 2.35 bits per heavy atom. The van der Waals surface area contributed by atoms with Crippen molar-refractivity contribution in [1.82, 2.24) is 0 Å². The molecule has 1 aromatic carbocycles. The number of rotatable bonds is 6. The highest BCUT2D eigenvalue weighted by Crippen LogP contribution is 2.22. The molecule has 1 aromatic rings. The van der Waals surface area contributed by atoms with Crippen molar-refractivity contribution in [3.8, 4) is 0 Å². The van der Waals surface area contributed by atoms with Crippen molar-refractivity contribution < 1.29 is 24.6 Å². The van der Waals surface area contributed by atoms with E-state index in [2.05, 4.69) is 12.6 Å². The number of anilines is 1. The molecule has 0 aliphatic rings. The van der Waals surface area contributed by atoms with Gasteiger partial charge in [0.1, 0.15) is 6.54 Å².